The van der Waals surface area contributed by atoms with Gasteiger partial charge in [-0.1, -0.05) is 22.0 Å². The summed E-state index contributed by atoms with van der Waals surface area (Å²) in [7, 11) is 0. The molecular formula is C18H17BrN2O2. The lowest BCUT2D eigenvalue weighted by molar-refractivity contribution is 0.0949. The van der Waals surface area contributed by atoms with E-state index in [9.17, 15) is 9.59 Å². The molecule has 0 bridgehead atoms. The van der Waals surface area contributed by atoms with Gasteiger partial charge in [0.2, 0.25) is 0 Å². The molecule has 2 aromatic rings. The fourth-order valence-electron chi connectivity index (χ4n) is 2.14. The van der Waals surface area contributed by atoms with Crippen LogP contribution in [0.5, 0.6) is 0 Å². The number of rotatable bonds is 4. The predicted molar refractivity (Wildman–Crippen MR) is 93.8 cm³/mol. The second-order valence-electron chi connectivity index (χ2n) is 5.74. The van der Waals surface area contributed by atoms with E-state index in [4.69, 9.17) is 0 Å². The molecule has 0 spiro atoms. The van der Waals surface area contributed by atoms with Gasteiger partial charge in [0.25, 0.3) is 11.8 Å². The Bertz CT molecular complexity index is 752. The highest BCUT2D eigenvalue weighted by atomic mass is 79.9. The Labute approximate surface area is 143 Å². The summed E-state index contributed by atoms with van der Waals surface area (Å²) >= 11 is 3.45. The topological polar surface area (TPSA) is 58.2 Å². The minimum atomic E-state index is -0.199. The lowest BCUT2D eigenvalue weighted by atomic mass is 10.1. The maximum atomic E-state index is 12.3. The highest BCUT2D eigenvalue weighted by molar-refractivity contribution is 9.10. The van der Waals surface area contributed by atoms with Gasteiger partial charge in [-0.15, -0.1) is 0 Å². The van der Waals surface area contributed by atoms with Crippen LogP contribution < -0.4 is 10.6 Å². The van der Waals surface area contributed by atoms with Crippen molar-refractivity contribution in [3.05, 3.63) is 63.6 Å². The van der Waals surface area contributed by atoms with Gasteiger partial charge in [-0.2, -0.15) is 0 Å². The monoisotopic (exact) mass is 372 g/mol. The van der Waals surface area contributed by atoms with Crippen LogP contribution in [-0.2, 0) is 0 Å². The SMILES string of the molecule is Cc1ccc(NC(=O)c2ccc(C(=O)NC3CC3)cc2)cc1Br. The fourth-order valence-corrected chi connectivity index (χ4v) is 2.52. The molecule has 0 radical (unpaired) electrons. The van der Waals surface area contributed by atoms with Crippen LogP contribution in [-0.4, -0.2) is 17.9 Å². The summed E-state index contributed by atoms with van der Waals surface area (Å²) in [5.41, 5.74) is 2.92. The van der Waals surface area contributed by atoms with Crippen LogP contribution in [0.4, 0.5) is 5.69 Å². The van der Waals surface area contributed by atoms with E-state index < -0.39 is 0 Å². The van der Waals surface area contributed by atoms with Crippen LogP contribution in [0.2, 0.25) is 0 Å². The van der Waals surface area contributed by atoms with Crippen molar-refractivity contribution in [1.29, 1.82) is 0 Å². The zero-order valence-corrected chi connectivity index (χ0v) is 14.3. The van der Waals surface area contributed by atoms with Gasteiger partial charge >= 0.3 is 0 Å². The molecule has 1 saturated carbocycles. The highest BCUT2D eigenvalue weighted by Gasteiger charge is 2.23. The van der Waals surface area contributed by atoms with Crippen LogP contribution >= 0.6 is 15.9 Å². The van der Waals surface area contributed by atoms with Crippen LogP contribution in [0, 0.1) is 6.92 Å². The molecule has 0 saturated heterocycles. The van der Waals surface area contributed by atoms with Crippen molar-refractivity contribution in [3.63, 3.8) is 0 Å². The van der Waals surface area contributed by atoms with Gasteiger partial charge in [0.05, 0.1) is 0 Å². The second-order valence-corrected chi connectivity index (χ2v) is 6.60. The van der Waals surface area contributed by atoms with E-state index in [1.54, 1.807) is 24.3 Å². The lowest BCUT2D eigenvalue weighted by Crippen LogP contribution is -2.25. The second kappa shape index (κ2) is 6.54. The van der Waals surface area contributed by atoms with Crippen molar-refractivity contribution < 1.29 is 9.59 Å². The predicted octanol–water partition coefficient (Wildman–Crippen LogP) is 3.90. The largest absolute Gasteiger partial charge is 0.349 e. The molecule has 0 unspecified atom stereocenters. The van der Waals surface area contributed by atoms with Crippen LogP contribution in [0.1, 0.15) is 39.1 Å². The molecule has 2 amide bonds. The number of amides is 2. The highest BCUT2D eigenvalue weighted by Crippen LogP contribution is 2.21. The minimum Gasteiger partial charge on any atom is -0.349 e. The van der Waals surface area contributed by atoms with E-state index >= 15 is 0 Å². The molecule has 0 atom stereocenters. The first-order chi connectivity index (χ1) is 11.0. The first-order valence-corrected chi connectivity index (χ1v) is 8.30. The average molecular weight is 373 g/mol. The fraction of sp³-hybridized carbons (Fsp3) is 0.222. The summed E-state index contributed by atoms with van der Waals surface area (Å²) in [5.74, 6) is -0.281. The third kappa shape index (κ3) is 3.99. The third-order valence-corrected chi connectivity index (χ3v) is 4.61. The van der Waals surface area contributed by atoms with E-state index in [2.05, 4.69) is 26.6 Å². The molecule has 2 N–H and O–H groups in total. The van der Waals surface area contributed by atoms with Gasteiger partial charge in [0.1, 0.15) is 0 Å². The number of hydrogen-bond acceptors (Lipinski definition) is 2. The molecular weight excluding hydrogens is 356 g/mol. The zero-order chi connectivity index (χ0) is 16.4. The van der Waals surface area contributed by atoms with E-state index in [0.717, 1.165) is 28.6 Å². The first kappa shape index (κ1) is 15.7. The summed E-state index contributed by atoms with van der Waals surface area (Å²) in [4.78, 5) is 24.2. The molecule has 1 aliphatic rings. The van der Waals surface area contributed by atoms with Crippen LogP contribution in [0.15, 0.2) is 46.9 Å². The molecule has 3 rings (SSSR count). The Kier molecular flexibility index (Phi) is 4.48. The van der Waals surface area contributed by atoms with Crippen molar-refractivity contribution in [1.82, 2.24) is 5.32 Å². The van der Waals surface area contributed by atoms with Crippen LogP contribution in [0.25, 0.3) is 0 Å². The number of carbonyl (C=O) groups excluding carboxylic acids is 2. The molecule has 1 fully saturated rings. The molecule has 2 aromatic carbocycles. The maximum Gasteiger partial charge on any atom is 0.255 e. The molecule has 118 valence electrons. The smallest absolute Gasteiger partial charge is 0.255 e. The Morgan fingerprint density at radius 2 is 1.61 bits per heavy atom. The van der Waals surface area contributed by atoms with Gasteiger partial charge in [-0.05, 0) is 61.7 Å². The van der Waals surface area contributed by atoms with Gasteiger partial charge in [0, 0.05) is 27.3 Å². The number of benzene rings is 2. The minimum absolute atomic E-state index is 0.0816. The molecule has 23 heavy (non-hydrogen) atoms. The molecule has 4 nitrogen and oxygen atoms in total. The average Bonchev–Trinajstić information content (AvgIpc) is 3.35. The molecule has 5 heteroatoms. The first-order valence-electron chi connectivity index (χ1n) is 7.51. The van der Waals surface area contributed by atoms with Crippen molar-refractivity contribution in [2.45, 2.75) is 25.8 Å². The molecule has 0 heterocycles. The van der Waals surface area contributed by atoms with E-state index in [0.29, 0.717) is 17.2 Å². The van der Waals surface area contributed by atoms with Crippen molar-refractivity contribution >= 4 is 33.4 Å². The Morgan fingerprint density at radius 3 is 2.17 bits per heavy atom. The van der Waals surface area contributed by atoms with Gasteiger partial charge in [-0.25, -0.2) is 0 Å². The van der Waals surface area contributed by atoms with Crippen molar-refractivity contribution in [3.8, 4) is 0 Å². The third-order valence-electron chi connectivity index (χ3n) is 3.75. The van der Waals surface area contributed by atoms with E-state index in [-0.39, 0.29) is 11.8 Å². The normalized spacial score (nSPS) is 13.5. The van der Waals surface area contributed by atoms with Gasteiger partial charge < -0.3 is 10.6 Å². The summed E-state index contributed by atoms with van der Waals surface area (Å²) in [5, 5.41) is 5.77. The zero-order valence-electron chi connectivity index (χ0n) is 12.7. The lowest BCUT2D eigenvalue weighted by Gasteiger charge is -2.08. The Hall–Kier alpha value is -2.14. The Balaban J connectivity index is 1.67. The van der Waals surface area contributed by atoms with Gasteiger partial charge in [-0.3, -0.25) is 9.59 Å². The number of anilines is 1. The summed E-state index contributed by atoms with van der Waals surface area (Å²) in [6.45, 7) is 1.99. The summed E-state index contributed by atoms with van der Waals surface area (Å²) < 4.78 is 0.947. The molecule has 0 aromatic heterocycles. The van der Waals surface area contributed by atoms with Crippen LogP contribution in [0.3, 0.4) is 0 Å². The number of carbonyl (C=O) groups is 2. The Morgan fingerprint density at radius 1 is 1.00 bits per heavy atom. The maximum absolute atomic E-state index is 12.3. The molecule has 0 aliphatic heterocycles. The number of halogens is 1. The number of hydrogen-bond donors (Lipinski definition) is 2. The van der Waals surface area contributed by atoms with E-state index in [1.807, 2.05) is 25.1 Å². The van der Waals surface area contributed by atoms with E-state index in [1.165, 1.54) is 0 Å². The number of nitrogens with one attached hydrogen (secondary N) is 2. The van der Waals surface area contributed by atoms with Crippen molar-refractivity contribution in [2.75, 3.05) is 5.32 Å². The number of aryl methyl sites for hydroxylation is 1. The van der Waals surface area contributed by atoms with Gasteiger partial charge in [0.15, 0.2) is 0 Å². The molecule has 1 aliphatic carbocycles. The standard InChI is InChI=1S/C18H17BrN2O2/c1-11-2-7-15(10-16(11)19)21-18(23)13-5-3-12(4-6-13)17(22)20-14-8-9-14/h2-7,10,14H,8-9H2,1H3,(H,20,22)(H,21,23). The summed E-state index contributed by atoms with van der Waals surface area (Å²) in [6, 6.07) is 12.7. The quantitative estimate of drug-likeness (QED) is 0.854. The summed E-state index contributed by atoms with van der Waals surface area (Å²) in [6.07, 6.45) is 2.11. The van der Waals surface area contributed by atoms with Crippen molar-refractivity contribution in [2.24, 2.45) is 0 Å².